The van der Waals surface area contributed by atoms with Crippen molar-refractivity contribution >= 4 is 22.8 Å². The van der Waals surface area contributed by atoms with Crippen LogP contribution in [0.15, 0.2) is 39.9 Å². The predicted octanol–water partition coefficient (Wildman–Crippen LogP) is 2.80. The van der Waals surface area contributed by atoms with Gasteiger partial charge >= 0.3 is 5.97 Å². The predicted molar refractivity (Wildman–Crippen MR) is 90.7 cm³/mol. The van der Waals surface area contributed by atoms with E-state index in [4.69, 9.17) is 9.15 Å². The highest BCUT2D eigenvalue weighted by atomic mass is 16.5. The van der Waals surface area contributed by atoms with Gasteiger partial charge in [0.2, 0.25) is 11.3 Å². The van der Waals surface area contributed by atoms with E-state index in [0.717, 1.165) is 10.2 Å². The second kappa shape index (κ2) is 6.35. The topological polar surface area (TPSA) is 91.4 Å². The fraction of sp³-hybridized carbons (Fsp3) is 0.222. The summed E-state index contributed by atoms with van der Waals surface area (Å²) in [6.45, 7) is 4.59. The molecule has 128 valence electrons. The lowest BCUT2D eigenvalue weighted by atomic mass is 10.1. The van der Waals surface area contributed by atoms with Crippen LogP contribution in [0.1, 0.15) is 31.1 Å². The Hall–Kier alpha value is -3.22. The molecule has 3 aromatic rings. The lowest BCUT2D eigenvalue weighted by Crippen LogP contribution is -2.09. The molecule has 0 unspecified atom stereocenters. The van der Waals surface area contributed by atoms with Gasteiger partial charge in [0.05, 0.1) is 16.6 Å². The summed E-state index contributed by atoms with van der Waals surface area (Å²) in [7, 11) is 0. The van der Waals surface area contributed by atoms with Crippen molar-refractivity contribution in [3.05, 3.63) is 46.4 Å². The molecule has 0 fully saturated rings. The number of carbonyl (C=O) groups excluding carboxylic acids is 2. The third-order valence-electron chi connectivity index (χ3n) is 3.78. The number of rotatable bonds is 3. The molecule has 0 aliphatic rings. The molecular weight excluding hydrogens is 324 g/mol. The van der Waals surface area contributed by atoms with Crippen LogP contribution in [0, 0.1) is 0 Å². The molecule has 0 atom stereocenters. The average Bonchev–Trinajstić information content (AvgIpc) is 3.04. The van der Waals surface area contributed by atoms with Gasteiger partial charge in [-0.15, -0.1) is 0 Å². The van der Waals surface area contributed by atoms with Gasteiger partial charge in [0.25, 0.3) is 0 Å². The van der Waals surface area contributed by atoms with Gasteiger partial charge < -0.3 is 9.15 Å². The second-order valence-electron chi connectivity index (χ2n) is 5.55. The largest absolute Gasteiger partial charge is 0.463 e. The molecule has 0 saturated carbocycles. The Labute approximate surface area is 142 Å². The number of fused-ring (bicyclic) bond motifs is 1. The molecule has 3 rings (SSSR count). The van der Waals surface area contributed by atoms with Crippen LogP contribution in [0.25, 0.3) is 22.2 Å². The number of hydrogen-bond acceptors (Lipinski definition) is 6. The quantitative estimate of drug-likeness (QED) is 0.538. The molecule has 7 nitrogen and oxygen atoms in total. The number of nitrogens with zero attached hydrogens (tertiary/aromatic N) is 2. The van der Waals surface area contributed by atoms with Gasteiger partial charge in [-0.3, -0.25) is 14.4 Å². The number of ether oxygens (including phenoxy) is 1. The maximum absolute atomic E-state index is 12.8. The second-order valence-corrected chi connectivity index (χ2v) is 5.55. The first-order chi connectivity index (χ1) is 11.9. The average molecular weight is 340 g/mol. The molecule has 2 heterocycles. The van der Waals surface area contributed by atoms with Crippen molar-refractivity contribution in [1.29, 1.82) is 0 Å². The highest BCUT2D eigenvalue weighted by Gasteiger charge is 2.16. The Morgan fingerprint density at radius 3 is 2.64 bits per heavy atom. The normalized spacial score (nSPS) is 10.8. The Morgan fingerprint density at radius 2 is 2.04 bits per heavy atom. The summed E-state index contributed by atoms with van der Waals surface area (Å²) in [6, 6.07) is 4.77. The van der Waals surface area contributed by atoms with Crippen molar-refractivity contribution in [2.45, 2.75) is 27.2 Å². The highest BCUT2D eigenvalue weighted by molar-refractivity contribution is 5.84. The molecule has 1 aromatic carbocycles. The van der Waals surface area contributed by atoms with E-state index in [0.29, 0.717) is 28.8 Å². The van der Waals surface area contributed by atoms with Crippen molar-refractivity contribution < 1.29 is 18.7 Å². The molecule has 0 aliphatic heterocycles. The summed E-state index contributed by atoms with van der Waals surface area (Å²) in [6.07, 6.45) is 3.37. The number of carbonyl (C=O) groups is 2. The Kier molecular flexibility index (Phi) is 4.22. The van der Waals surface area contributed by atoms with Gasteiger partial charge in [0.15, 0.2) is 0 Å². The summed E-state index contributed by atoms with van der Waals surface area (Å²) in [4.78, 5) is 35.4. The lowest BCUT2D eigenvalue weighted by molar-refractivity contribution is -0.131. The number of esters is 1. The molecule has 0 amide bonds. The highest BCUT2D eigenvalue weighted by Crippen LogP contribution is 2.27. The van der Waals surface area contributed by atoms with E-state index in [1.54, 1.807) is 12.1 Å². The molecular formula is C18H16N2O5. The zero-order chi connectivity index (χ0) is 18.1. The smallest absolute Gasteiger partial charge is 0.308 e. The van der Waals surface area contributed by atoms with Gasteiger partial charge in [-0.2, -0.15) is 5.10 Å². The fourth-order valence-corrected chi connectivity index (χ4v) is 2.55. The van der Waals surface area contributed by atoms with E-state index in [1.165, 1.54) is 32.4 Å². The van der Waals surface area contributed by atoms with E-state index in [9.17, 15) is 14.4 Å². The summed E-state index contributed by atoms with van der Waals surface area (Å²) >= 11 is 0. The molecule has 0 saturated heterocycles. The summed E-state index contributed by atoms with van der Waals surface area (Å²) in [5.74, 6) is -0.322. The van der Waals surface area contributed by atoms with Crippen LogP contribution in [0.5, 0.6) is 5.75 Å². The minimum Gasteiger partial charge on any atom is -0.463 e. The number of aryl methyl sites for hydroxylation is 1. The van der Waals surface area contributed by atoms with Crippen LogP contribution in [0.2, 0.25) is 0 Å². The van der Waals surface area contributed by atoms with Gasteiger partial charge in [-0.05, 0) is 24.1 Å². The van der Waals surface area contributed by atoms with Crippen molar-refractivity contribution in [3.8, 4) is 17.0 Å². The van der Waals surface area contributed by atoms with Gasteiger partial charge in [0, 0.05) is 26.1 Å². The Balaban J connectivity index is 2.17. The molecule has 0 bridgehead atoms. The standard InChI is InChI=1S/C18H16N2O5/c1-4-12-7-13-17(8-16(12)25-11(3)22)24-9-14(18(13)23)15-5-6-20(19-15)10(2)21/h5-9H,4H2,1-3H3. The maximum Gasteiger partial charge on any atom is 0.308 e. The first-order valence-corrected chi connectivity index (χ1v) is 7.74. The minimum absolute atomic E-state index is 0.254. The van der Waals surface area contributed by atoms with Crippen LogP contribution in [-0.4, -0.2) is 21.7 Å². The monoisotopic (exact) mass is 340 g/mol. The summed E-state index contributed by atoms with van der Waals surface area (Å²) in [5.41, 5.74) is 1.39. The van der Waals surface area contributed by atoms with Crippen LogP contribution in [0.3, 0.4) is 0 Å². The molecule has 2 aromatic heterocycles. The SMILES string of the molecule is CCc1cc2c(=O)c(-c3ccn(C(C)=O)n3)coc2cc1OC(C)=O. The third kappa shape index (κ3) is 3.08. The maximum atomic E-state index is 12.8. The van der Waals surface area contributed by atoms with E-state index in [-0.39, 0.29) is 16.9 Å². The van der Waals surface area contributed by atoms with Crippen LogP contribution < -0.4 is 10.2 Å². The number of hydrogen-bond donors (Lipinski definition) is 0. The van der Waals surface area contributed by atoms with Crippen LogP contribution in [0.4, 0.5) is 0 Å². The van der Waals surface area contributed by atoms with Gasteiger partial charge in [0.1, 0.15) is 17.6 Å². The van der Waals surface area contributed by atoms with E-state index >= 15 is 0 Å². The zero-order valence-corrected chi connectivity index (χ0v) is 14.0. The van der Waals surface area contributed by atoms with Crippen molar-refractivity contribution in [2.75, 3.05) is 0 Å². The van der Waals surface area contributed by atoms with Crippen molar-refractivity contribution in [1.82, 2.24) is 9.78 Å². The molecule has 0 aliphatic carbocycles. The summed E-state index contributed by atoms with van der Waals surface area (Å²) in [5, 5.41) is 4.45. The van der Waals surface area contributed by atoms with E-state index < -0.39 is 5.97 Å². The zero-order valence-electron chi connectivity index (χ0n) is 14.0. The van der Waals surface area contributed by atoms with Gasteiger partial charge in [-0.1, -0.05) is 6.92 Å². The number of benzene rings is 1. The van der Waals surface area contributed by atoms with Crippen LogP contribution in [-0.2, 0) is 11.2 Å². The third-order valence-corrected chi connectivity index (χ3v) is 3.78. The Bertz CT molecular complexity index is 1050. The van der Waals surface area contributed by atoms with Crippen molar-refractivity contribution in [3.63, 3.8) is 0 Å². The van der Waals surface area contributed by atoms with Crippen LogP contribution >= 0.6 is 0 Å². The lowest BCUT2D eigenvalue weighted by Gasteiger charge is -2.09. The number of aromatic nitrogens is 2. The molecule has 7 heteroatoms. The molecule has 0 N–H and O–H groups in total. The van der Waals surface area contributed by atoms with Gasteiger partial charge in [-0.25, -0.2) is 4.68 Å². The fourth-order valence-electron chi connectivity index (χ4n) is 2.55. The van der Waals surface area contributed by atoms with Crippen molar-refractivity contribution in [2.24, 2.45) is 0 Å². The molecule has 0 radical (unpaired) electrons. The molecule has 0 spiro atoms. The minimum atomic E-state index is -0.442. The van der Waals surface area contributed by atoms with E-state index in [2.05, 4.69) is 5.10 Å². The first-order valence-electron chi connectivity index (χ1n) is 7.74. The summed E-state index contributed by atoms with van der Waals surface area (Å²) < 4.78 is 11.9. The molecule has 25 heavy (non-hydrogen) atoms. The first kappa shape index (κ1) is 16.6. The Morgan fingerprint density at radius 1 is 1.28 bits per heavy atom. The van der Waals surface area contributed by atoms with E-state index in [1.807, 2.05) is 6.92 Å².